The lowest BCUT2D eigenvalue weighted by Gasteiger charge is -2.23. The number of aromatic nitrogens is 1. The minimum Gasteiger partial charge on any atom is -0.258 e. The van der Waals surface area contributed by atoms with Crippen LogP contribution in [0.25, 0.3) is 10.9 Å². The molecular weight excluding hydrogens is 196 g/mol. The van der Waals surface area contributed by atoms with E-state index in [9.17, 15) is 0 Å². The maximum atomic E-state index is 4.57. The van der Waals surface area contributed by atoms with E-state index in [0.29, 0.717) is 11.8 Å². The van der Waals surface area contributed by atoms with Crippen molar-refractivity contribution in [3.8, 4) is 0 Å². The van der Waals surface area contributed by atoms with Crippen LogP contribution in [0.1, 0.15) is 25.3 Å². The lowest BCUT2D eigenvalue weighted by molar-refractivity contribution is 0.627. The molecule has 2 heterocycles. The van der Waals surface area contributed by atoms with Gasteiger partial charge >= 0.3 is 0 Å². The zero-order chi connectivity index (χ0) is 11.1. The number of nitrogens with zero attached hydrogens (tertiary/aromatic N) is 2. The molecule has 3 rings (SSSR count). The molecule has 2 aromatic rings. The molecule has 0 aliphatic carbocycles. The predicted octanol–water partition coefficient (Wildman–Crippen LogP) is 3.69. The van der Waals surface area contributed by atoms with E-state index in [2.05, 4.69) is 42.0 Å². The van der Waals surface area contributed by atoms with E-state index < -0.39 is 0 Å². The molecule has 1 aliphatic rings. The van der Waals surface area contributed by atoms with Crippen molar-refractivity contribution < 1.29 is 0 Å². The number of benzene rings is 1. The van der Waals surface area contributed by atoms with Gasteiger partial charge in [0.25, 0.3) is 0 Å². The van der Waals surface area contributed by atoms with Crippen LogP contribution >= 0.6 is 0 Å². The summed E-state index contributed by atoms with van der Waals surface area (Å²) in [7, 11) is 0. The number of hydrogen-bond acceptors (Lipinski definition) is 2. The number of aliphatic imine (C=N–C) groups is 1. The third-order valence-electron chi connectivity index (χ3n) is 3.50. The Morgan fingerprint density at radius 2 is 2.00 bits per heavy atom. The highest BCUT2D eigenvalue weighted by atomic mass is 14.8. The fraction of sp³-hybridized carbons (Fsp3) is 0.286. The molecule has 0 amide bonds. The standard InChI is InChI=1S/C14H14N2/c1-9-8-16-14-12(10(9)2)6-5-11-4-3-7-15-13(11)14/h3-10H,1-2H3. The summed E-state index contributed by atoms with van der Waals surface area (Å²) in [6.07, 6.45) is 3.88. The maximum absolute atomic E-state index is 4.57. The van der Waals surface area contributed by atoms with Crippen LogP contribution in [0, 0.1) is 5.92 Å². The Balaban J connectivity index is 2.34. The molecule has 0 spiro atoms. The van der Waals surface area contributed by atoms with Gasteiger partial charge in [0.15, 0.2) is 0 Å². The molecule has 0 radical (unpaired) electrons. The third-order valence-corrected chi connectivity index (χ3v) is 3.50. The van der Waals surface area contributed by atoms with Gasteiger partial charge in [-0.2, -0.15) is 0 Å². The second-order valence-corrected chi connectivity index (χ2v) is 4.50. The summed E-state index contributed by atoms with van der Waals surface area (Å²) in [6, 6.07) is 8.39. The molecule has 0 N–H and O–H groups in total. The Kier molecular flexibility index (Phi) is 2.03. The van der Waals surface area contributed by atoms with Gasteiger partial charge in [0.2, 0.25) is 0 Å². The minimum absolute atomic E-state index is 0.508. The van der Waals surface area contributed by atoms with Gasteiger partial charge in [-0.25, -0.2) is 0 Å². The Morgan fingerprint density at radius 1 is 1.12 bits per heavy atom. The molecular formula is C14H14N2. The first kappa shape index (κ1) is 9.52. The van der Waals surface area contributed by atoms with E-state index in [1.54, 1.807) is 0 Å². The first-order valence-corrected chi connectivity index (χ1v) is 5.69. The molecule has 2 nitrogen and oxygen atoms in total. The van der Waals surface area contributed by atoms with Gasteiger partial charge in [0, 0.05) is 17.8 Å². The Morgan fingerprint density at radius 3 is 2.88 bits per heavy atom. The van der Waals surface area contributed by atoms with E-state index in [1.807, 2.05) is 18.5 Å². The highest BCUT2D eigenvalue weighted by Gasteiger charge is 2.21. The maximum Gasteiger partial charge on any atom is 0.0961 e. The molecule has 0 fully saturated rings. The Labute approximate surface area is 95.0 Å². The zero-order valence-corrected chi connectivity index (χ0v) is 9.51. The van der Waals surface area contributed by atoms with Crippen molar-refractivity contribution >= 4 is 22.8 Å². The van der Waals surface area contributed by atoms with Gasteiger partial charge in [0.1, 0.15) is 0 Å². The van der Waals surface area contributed by atoms with Crippen LogP contribution in [-0.2, 0) is 0 Å². The van der Waals surface area contributed by atoms with Crippen molar-refractivity contribution in [2.75, 3.05) is 0 Å². The summed E-state index contributed by atoms with van der Waals surface area (Å²) in [6.45, 7) is 4.46. The van der Waals surface area contributed by atoms with Crippen molar-refractivity contribution in [3.05, 3.63) is 36.0 Å². The number of pyridine rings is 1. The number of rotatable bonds is 0. The normalized spacial score (nSPS) is 23.4. The molecule has 0 saturated heterocycles. The van der Waals surface area contributed by atoms with Crippen LogP contribution in [0.4, 0.5) is 5.69 Å². The predicted molar refractivity (Wildman–Crippen MR) is 67.5 cm³/mol. The largest absolute Gasteiger partial charge is 0.258 e. The fourth-order valence-corrected chi connectivity index (χ4v) is 2.25. The van der Waals surface area contributed by atoms with Gasteiger partial charge in [-0.15, -0.1) is 0 Å². The molecule has 2 heteroatoms. The first-order valence-electron chi connectivity index (χ1n) is 5.69. The minimum atomic E-state index is 0.508. The monoisotopic (exact) mass is 210 g/mol. The lowest BCUT2D eigenvalue weighted by atomic mass is 9.86. The SMILES string of the molecule is CC1C=Nc2c(ccc3cccnc23)C1C. The molecule has 0 bridgehead atoms. The van der Waals surface area contributed by atoms with E-state index in [1.165, 1.54) is 10.9 Å². The van der Waals surface area contributed by atoms with Crippen LogP contribution in [-0.4, -0.2) is 11.2 Å². The average Bonchev–Trinajstić information content (AvgIpc) is 2.33. The topological polar surface area (TPSA) is 25.2 Å². The van der Waals surface area contributed by atoms with Crippen LogP contribution in [0.3, 0.4) is 0 Å². The fourth-order valence-electron chi connectivity index (χ4n) is 2.25. The number of hydrogen-bond donors (Lipinski definition) is 0. The van der Waals surface area contributed by atoms with Gasteiger partial charge in [-0.3, -0.25) is 9.98 Å². The van der Waals surface area contributed by atoms with E-state index in [4.69, 9.17) is 0 Å². The van der Waals surface area contributed by atoms with Crippen LogP contribution < -0.4 is 0 Å². The van der Waals surface area contributed by atoms with Crippen molar-refractivity contribution in [2.45, 2.75) is 19.8 Å². The van der Waals surface area contributed by atoms with Crippen LogP contribution in [0.2, 0.25) is 0 Å². The molecule has 16 heavy (non-hydrogen) atoms. The molecule has 0 saturated carbocycles. The molecule has 1 aliphatic heterocycles. The Bertz CT molecular complexity index is 572. The summed E-state index contributed by atoms with van der Waals surface area (Å²) >= 11 is 0. The Hall–Kier alpha value is -1.70. The van der Waals surface area contributed by atoms with Crippen LogP contribution in [0.15, 0.2) is 35.5 Å². The van der Waals surface area contributed by atoms with Gasteiger partial charge < -0.3 is 0 Å². The van der Waals surface area contributed by atoms with E-state index in [-0.39, 0.29) is 0 Å². The highest BCUT2D eigenvalue weighted by Crippen LogP contribution is 2.39. The van der Waals surface area contributed by atoms with Crippen LogP contribution in [0.5, 0.6) is 0 Å². The zero-order valence-electron chi connectivity index (χ0n) is 9.51. The highest BCUT2D eigenvalue weighted by molar-refractivity contribution is 5.93. The second kappa shape index (κ2) is 3.41. The summed E-state index contributed by atoms with van der Waals surface area (Å²) in [5.74, 6) is 1.03. The molecule has 2 unspecified atom stereocenters. The summed E-state index contributed by atoms with van der Waals surface area (Å²) in [5, 5.41) is 1.17. The summed E-state index contributed by atoms with van der Waals surface area (Å²) in [5.41, 5.74) is 3.40. The van der Waals surface area contributed by atoms with Crippen molar-refractivity contribution in [2.24, 2.45) is 10.9 Å². The quantitative estimate of drug-likeness (QED) is 0.651. The number of fused-ring (bicyclic) bond motifs is 3. The molecule has 80 valence electrons. The van der Waals surface area contributed by atoms with E-state index in [0.717, 1.165) is 11.2 Å². The summed E-state index contributed by atoms with van der Waals surface area (Å²) in [4.78, 5) is 9.01. The molecule has 2 atom stereocenters. The second-order valence-electron chi connectivity index (χ2n) is 4.50. The molecule has 1 aromatic heterocycles. The third kappa shape index (κ3) is 1.26. The van der Waals surface area contributed by atoms with Crippen molar-refractivity contribution in [1.82, 2.24) is 4.98 Å². The summed E-state index contributed by atoms with van der Waals surface area (Å²) < 4.78 is 0. The first-order chi connectivity index (χ1) is 7.77. The lowest BCUT2D eigenvalue weighted by Crippen LogP contribution is -2.11. The van der Waals surface area contributed by atoms with Gasteiger partial charge in [-0.05, 0) is 23.5 Å². The van der Waals surface area contributed by atoms with Crippen molar-refractivity contribution in [1.29, 1.82) is 0 Å². The smallest absolute Gasteiger partial charge is 0.0961 e. The average molecular weight is 210 g/mol. The van der Waals surface area contributed by atoms with E-state index >= 15 is 0 Å². The van der Waals surface area contributed by atoms with Crippen molar-refractivity contribution in [3.63, 3.8) is 0 Å². The molecule has 1 aromatic carbocycles. The van der Waals surface area contributed by atoms with Gasteiger partial charge in [-0.1, -0.05) is 32.0 Å². The van der Waals surface area contributed by atoms with Gasteiger partial charge in [0.05, 0.1) is 11.2 Å².